The zero-order valence-corrected chi connectivity index (χ0v) is 13.7. The number of amides is 1. The Morgan fingerprint density at radius 3 is 2.64 bits per heavy atom. The molecule has 2 heterocycles. The topological polar surface area (TPSA) is 88.3 Å². The molecule has 22 heavy (non-hydrogen) atoms. The fraction of sp³-hybridized carbons (Fsp3) is 0.429. The number of hydrogen-bond acceptors (Lipinski definition) is 5. The molecule has 0 aromatic carbocycles. The molecule has 0 spiro atoms. The number of aromatic nitrogens is 3. The average Bonchev–Trinajstić information content (AvgIpc) is 3.01. The Balaban J connectivity index is 2.33. The number of carbonyl (C=O) groups excluding carboxylic acids is 1. The van der Waals surface area contributed by atoms with Crippen molar-refractivity contribution in [1.29, 1.82) is 0 Å². The minimum absolute atomic E-state index is 0.202. The summed E-state index contributed by atoms with van der Waals surface area (Å²) < 4.78 is 1.67. The van der Waals surface area contributed by atoms with Gasteiger partial charge >= 0.3 is 5.97 Å². The molecule has 0 aliphatic carbocycles. The summed E-state index contributed by atoms with van der Waals surface area (Å²) in [6.45, 7) is 5.01. The Morgan fingerprint density at radius 2 is 2.14 bits per heavy atom. The first-order valence-electron chi connectivity index (χ1n) is 6.78. The highest BCUT2D eigenvalue weighted by molar-refractivity contribution is 7.17. The number of carboxylic acid groups (broad SMARTS) is 1. The Kier molecular flexibility index (Phi) is 4.60. The standard InChI is InChI=1S/C14H18N4O3S/c1-8(2)18(7-11(19)20)14(21)12-9(3)16-13(22-12)10-5-15-17(4)6-10/h5-6,8H,7H2,1-4H3,(H,19,20). The van der Waals surface area contributed by atoms with Gasteiger partial charge in [-0.15, -0.1) is 11.3 Å². The van der Waals surface area contributed by atoms with Crippen LogP contribution >= 0.6 is 11.3 Å². The van der Waals surface area contributed by atoms with Crippen LogP contribution in [-0.4, -0.2) is 49.2 Å². The largest absolute Gasteiger partial charge is 0.480 e. The van der Waals surface area contributed by atoms with Gasteiger partial charge < -0.3 is 10.0 Å². The number of rotatable bonds is 5. The van der Waals surface area contributed by atoms with E-state index < -0.39 is 5.97 Å². The van der Waals surface area contributed by atoms with E-state index in [1.807, 2.05) is 13.2 Å². The fourth-order valence-corrected chi connectivity index (χ4v) is 3.01. The zero-order valence-electron chi connectivity index (χ0n) is 12.9. The molecule has 0 aliphatic heterocycles. The number of carbonyl (C=O) groups is 2. The third-order valence-electron chi connectivity index (χ3n) is 3.13. The van der Waals surface area contributed by atoms with Gasteiger partial charge in [-0.25, -0.2) is 4.98 Å². The molecule has 0 fully saturated rings. The third kappa shape index (κ3) is 3.33. The maximum Gasteiger partial charge on any atom is 0.323 e. The summed E-state index contributed by atoms with van der Waals surface area (Å²) in [7, 11) is 1.81. The molecule has 0 aliphatic rings. The first-order valence-corrected chi connectivity index (χ1v) is 7.60. The smallest absolute Gasteiger partial charge is 0.323 e. The molecule has 1 amide bonds. The first kappa shape index (κ1) is 16.2. The van der Waals surface area contributed by atoms with Crippen LogP contribution in [0.3, 0.4) is 0 Å². The lowest BCUT2D eigenvalue weighted by molar-refractivity contribution is -0.138. The Hall–Kier alpha value is -2.22. The molecule has 0 bridgehead atoms. The number of aliphatic carboxylic acids is 1. The molecule has 0 saturated carbocycles. The van der Waals surface area contributed by atoms with Crippen LogP contribution in [0.5, 0.6) is 0 Å². The van der Waals surface area contributed by atoms with Crippen LogP contribution < -0.4 is 0 Å². The van der Waals surface area contributed by atoms with E-state index in [4.69, 9.17) is 5.11 Å². The Morgan fingerprint density at radius 1 is 1.45 bits per heavy atom. The molecule has 0 atom stereocenters. The second-order valence-electron chi connectivity index (χ2n) is 5.26. The molecule has 8 heteroatoms. The monoisotopic (exact) mass is 322 g/mol. The molecule has 118 valence electrons. The normalized spacial score (nSPS) is 11.0. The highest BCUT2D eigenvalue weighted by atomic mass is 32.1. The van der Waals surface area contributed by atoms with Crippen molar-refractivity contribution in [2.75, 3.05) is 6.54 Å². The van der Waals surface area contributed by atoms with Gasteiger partial charge in [0, 0.05) is 24.8 Å². The lowest BCUT2D eigenvalue weighted by Gasteiger charge is -2.24. The van der Waals surface area contributed by atoms with Gasteiger partial charge in [-0.3, -0.25) is 14.3 Å². The van der Waals surface area contributed by atoms with Crippen molar-refractivity contribution in [3.8, 4) is 10.6 Å². The first-order chi connectivity index (χ1) is 10.3. The van der Waals surface area contributed by atoms with E-state index in [1.54, 1.807) is 31.6 Å². The van der Waals surface area contributed by atoms with E-state index in [0.29, 0.717) is 15.6 Å². The second kappa shape index (κ2) is 6.27. The lowest BCUT2D eigenvalue weighted by atomic mass is 10.2. The molecule has 7 nitrogen and oxygen atoms in total. The van der Waals surface area contributed by atoms with E-state index in [1.165, 1.54) is 16.2 Å². The second-order valence-corrected chi connectivity index (χ2v) is 6.26. The van der Waals surface area contributed by atoms with Crippen molar-refractivity contribution in [3.63, 3.8) is 0 Å². The summed E-state index contributed by atoms with van der Waals surface area (Å²) in [5.41, 5.74) is 1.44. The number of thiazole rings is 1. The molecular formula is C14H18N4O3S. The minimum Gasteiger partial charge on any atom is -0.480 e. The van der Waals surface area contributed by atoms with Gasteiger partial charge in [-0.1, -0.05) is 0 Å². The van der Waals surface area contributed by atoms with Gasteiger partial charge in [-0.05, 0) is 20.8 Å². The summed E-state index contributed by atoms with van der Waals surface area (Å²) >= 11 is 1.26. The van der Waals surface area contributed by atoms with E-state index in [9.17, 15) is 9.59 Å². The molecule has 0 saturated heterocycles. The van der Waals surface area contributed by atoms with Crippen molar-refractivity contribution < 1.29 is 14.7 Å². The molecule has 0 radical (unpaired) electrons. The van der Waals surface area contributed by atoms with E-state index in [-0.39, 0.29) is 18.5 Å². The van der Waals surface area contributed by atoms with Crippen molar-refractivity contribution in [2.45, 2.75) is 26.8 Å². The summed E-state index contributed by atoms with van der Waals surface area (Å²) in [5, 5.41) is 13.8. The molecular weight excluding hydrogens is 304 g/mol. The van der Waals surface area contributed by atoms with Gasteiger partial charge in [0.25, 0.3) is 5.91 Å². The van der Waals surface area contributed by atoms with Gasteiger partial charge in [0.05, 0.1) is 11.9 Å². The van der Waals surface area contributed by atoms with Crippen LogP contribution in [0.15, 0.2) is 12.4 Å². The SMILES string of the molecule is Cc1nc(-c2cnn(C)c2)sc1C(=O)N(CC(=O)O)C(C)C. The number of nitrogens with zero attached hydrogens (tertiary/aromatic N) is 4. The molecule has 2 aromatic heterocycles. The molecule has 2 rings (SSSR count). The van der Waals surface area contributed by atoms with Crippen molar-refractivity contribution in [3.05, 3.63) is 23.0 Å². The maximum absolute atomic E-state index is 12.6. The predicted molar refractivity (Wildman–Crippen MR) is 82.9 cm³/mol. The van der Waals surface area contributed by atoms with Gasteiger partial charge in [0.15, 0.2) is 0 Å². The highest BCUT2D eigenvalue weighted by Gasteiger charge is 2.25. The Bertz CT molecular complexity index is 705. The van der Waals surface area contributed by atoms with Gasteiger partial charge in [0.1, 0.15) is 16.4 Å². The Labute approximate surface area is 132 Å². The van der Waals surface area contributed by atoms with Crippen LogP contribution in [0.25, 0.3) is 10.6 Å². The third-order valence-corrected chi connectivity index (χ3v) is 4.33. The van der Waals surface area contributed by atoms with Crippen LogP contribution in [0, 0.1) is 6.92 Å². The summed E-state index contributed by atoms with van der Waals surface area (Å²) in [5.74, 6) is -1.33. The van der Waals surface area contributed by atoms with Gasteiger partial charge in [-0.2, -0.15) is 5.10 Å². The van der Waals surface area contributed by atoms with Crippen LogP contribution in [0.1, 0.15) is 29.2 Å². The molecule has 2 aromatic rings. The molecule has 0 unspecified atom stereocenters. The zero-order chi connectivity index (χ0) is 16.4. The van der Waals surface area contributed by atoms with Crippen molar-refractivity contribution in [1.82, 2.24) is 19.7 Å². The van der Waals surface area contributed by atoms with E-state index in [2.05, 4.69) is 10.1 Å². The molecule has 1 N–H and O–H groups in total. The number of hydrogen-bond donors (Lipinski definition) is 1. The van der Waals surface area contributed by atoms with Crippen LogP contribution in [0.2, 0.25) is 0 Å². The fourth-order valence-electron chi connectivity index (χ4n) is 2.02. The maximum atomic E-state index is 12.6. The van der Waals surface area contributed by atoms with Crippen molar-refractivity contribution >= 4 is 23.2 Å². The number of carboxylic acids is 1. The van der Waals surface area contributed by atoms with Gasteiger partial charge in [0.2, 0.25) is 0 Å². The minimum atomic E-state index is -1.03. The average molecular weight is 322 g/mol. The van der Waals surface area contributed by atoms with Crippen molar-refractivity contribution in [2.24, 2.45) is 7.05 Å². The highest BCUT2D eigenvalue weighted by Crippen LogP contribution is 2.28. The van der Waals surface area contributed by atoms with E-state index in [0.717, 1.165) is 5.56 Å². The van der Waals surface area contributed by atoms with Crippen LogP contribution in [-0.2, 0) is 11.8 Å². The quantitative estimate of drug-likeness (QED) is 0.906. The predicted octanol–water partition coefficient (Wildman–Crippen LogP) is 1.79. The van der Waals surface area contributed by atoms with E-state index >= 15 is 0 Å². The van der Waals surface area contributed by atoms with Crippen LogP contribution in [0.4, 0.5) is 0 Å². The summed E-state index contributed by atoms with van der Waals surface area (Å²) in [4.78, 5) is 29.8. The summed E-state index contributed by atoms with van der Waals surface area (Å²) in [6.07, 6.45) is 3.51. The summed E-state index contributed by atoms with van der Waals surface area (Å²) in [6, 6.07) is -0.202. The lowest BCUT2D eigenvalue weighted by Crippen LogP contribution is -2.40. The number of aryl methyl sites for hydroxylation is 2.